The van der Waals surface area contributed by atoms with Gasteiger partial charge in [0.05, 0.1) is 18.0 Å². The first-order chi connectivity index (χ1) is 10.4. The van der Waals surface area contributed by atoms with E-state index in [1.807, 2.05) is 5.43 Å². The number of sulfonamides is 1. The van der Waals surface area contributed by atoms with Crippen molar-refractivity contribution in [1.82, 2.24) is 15.6 Å². The Labute approximate surface area is 128 Å². The highest BCUT2D eigenvalue weighted by molar-refractivity contribution is 7.89. The van der Waals surface area contributed by atoms with Gasteiger partial charge >= 0.3 is 6.09 Å². The van der Waals surface area contributed by atoms with Crippen LogP contribution in [0.3, 0.4) is 0 Å². The summed E-state index contributed by atoms with van der Waals surface area (Å²) in [5.41, 5.74) is 4.16. The van der Waals surface area contributed by atoms with E-state index in [-0.39, 0.29) is 23.6 Å². The van der Waals surface area contributed by atoms with Gasteiger partial charge in [-0.25, -0.2) is 18.6 Å². The Kier molecular flexibility index (Phi) is 6.37. The second kappa shape index (κ2) is 8.02. The van der Waals surface area contributed by atoms with Crippen molar-refractivity contribution < 1.29 is 22.7 Å². The monoisotopic (exact) mass is 325 g/mol. The van der Waals surface area contributed by atoms with Gasteiger partial charge in [-0.3, -0.25) is 10.2 Å². The predicted octanol–water partition coefficient (Wildman–Crippen LogP) is -0.0110. The van der Waals surface area contributed by atoms with Gasteiger partial charge in [-0.2, -0.15) is 4.72 Å². The van der Waals surface area contributed by atoms with Gasteiger partial charge in [0.25, 0.3) is 5.91 Å². The van der Waals surface area contributed by atoms with Crippen molar-refractivity contribution in [2.45, 2.75) is 11.8 Å². The molecule has 0 fully saturated rings. The van der Waals surface area contributed by atoms with Gasteiger partial charge in [-0.05, 0) is 25.1 Å². The molecule has 1 aromatic carbocycles. The topological polar surface area (TPSA) is 114 Å². The first kappa shape index (κ1) is 17.5. The summed E-state index contributed by atoms with van der Waals surface area (Å²) < 4.78 is 30.5. The molecular formula is C13H15N3O5S. The number of carbonyl (C=O) groups excluding carboxylic acids is 2. The van der Waals surface area contributed by atoms with Crippen LogP contribution in [-0.4, -0.2) is 33.6 Å². The summed E-state index contributed by atoms with van der Waals surface area (Å²) in [7, 11) is -3.80. The molecule has 0 saturated heterocycles. The van der Waals surface area contributed by atoms with Crippen molar-refractivity contribution in [3.63, 3.8) is 0 Å². The molecule has 0 radical (unpaired) electrons. The first-order valence-corrected chi connectivity index (χ1v) is 7.65. The van der Waals surface area contributed by atoms with Crippen LogP contribution in [0.4, 0.5) is 4.79 Å². The minimum absolute atomic E-state index is 0.0420. The van der Waals surface area contributed by atoms with Gasteiger partial charge in [0.15, 0.2) is 0 Å². The number of carbonyl (C=O) groups is 2. The number of benzene rings is 1. The summed E-state index contributed by atoms with van der Waals surface area (Å²) in [4.78, 5) is 22.7. The van der Waals surface area contributed by atoms with Crippen LogP contribution < -0.4 is 15.6 Å². The Bertz CT molecular complexity index is 694. The minimum Gasteiger partial charge on any atom is -0.449 e. The molecule has 0 aliphatic rings. The summed E-state index contributed by atoms with van der Waals surface area (Å²) >= 11 is 0. The van der Waals surface area contributed by atoms with Gasteiger partial charge in [0.1, 0.15) is 0 Å². The highest BCUT2D eigenvalue weighted by atomic mass is 32.2. The number of hydrogen-bond donors (Lipinski definition) is 3. The summed E-state index contributed by atoms with van der Waals surface area (Å²) in [6, 6.07) is 5.25. The fourth-order valence-corrected chi connectivity index (χ4v) is 2.35. The van der Waals surface area contributed by atoms with Crippen LogP contribution in [0.25, 0.3) is 0 Å². The second-order valence-corrected chi connectivity index (χ2v) is 5.62. The summed E-state index contributed by atoms with van der Waals surface area (Å²) in [6.07, 6.45) is 4.17. The number of ether oxygens (including phenoxy) is 1. The number of hydrazine groups is 1. The molecule has 0 aliphatic carbocycles. The molecule has 0 bridgehead atoms. The molecule has 8 nitrogen and oxygen atoms in total. The van der Waals surface area contributed by atoms with E-state index in [4.69, 9.17) is 6.42 Å². The molecule has 2 amide bonds. The Morgan fingerprint density at radius 3 is 2.68 bits per heavy atom. The summed E-state index contributed by atoms with van der Waals surface area (Å²) in [5.74, 6) is 1.45. The van der Waals surface area contributed by atoms with Crippen molar-refractivity contribution in [1.29, 1.82) is 0 Å². The zero-order chi connectivity index (χ0) is 16.6. The smallest absolute Gasteiger partial charge is 0.426 e. The van der Waals surface area contributed by atoms with Crippen LogP contribution >= 0.6 is 0 Å². The molecule has 9 heteroatoms. The van der Waals surface area contributed by atoms with Crippen molar-refractivity contribution in [2.75, 3.05) is 13.2 Å². The first-order valence-electron chi connectivity index (χ1n) is 6.17. The number of terminal acetylenes is 1. The van der Waals surface area contributed by atoms with E-state index in [0.717, 1.165) is 6.07 Å². The standard InChI is InChI=1S/C13H15N3O5S/c1-3-8-14-22(19,20)11-7-5-6-10(9-11)12(17)15-16-13(18)21-4-2/h1,5-7,9,14H,4,8H2,2H3,(H,15,17)(H,16,18). The lowest BCUT2D eigenvalue weighted by molar-refractivity contribution is 0.0912. The molecule has 0 atom stereocenters. The molecule has 3 N–H and O–H groups in total. The Hall–Kier alpha value is -2.57. The van der Waals surface area contributed by atoms with Crippen LogP contribution in [0, 0.1) is 12.3 Å². The maximum atomic E-state index is 11.9. The number of rotatable bonds is 5. The average molecular weight is 325 g/mol. The Morgan fingerprint density at radius 1 is 1.32 bits per heavy atom. The fourth-order valence-electron chi connectivity index (χ4n) is 1.37. The number of hydrogen-bond acceptors (Lipinski definition) is 5. The molecule has 0 unspecified atom stereocenters. The summed E-state index contributed by atoms with van der Waals surface area (Å²) in [5, 5.41) is 0. The molecule has 118 valence electrons. The van der Waals surface area contributed by atoms with E-state index in [0.29, 0.717) is 0 Å². The van der Waals surface area contributed by atoms with Crippen LogP contribution in [0.5, 0.6) is 0 Å². The van der Waals surface area contributed by atoms with Crippen molar-refractivity contribution in [2.24, 2.45) is 0 Å². The van der Waals surface area contributed by atoms with Crippen LogP contribution in [-0.2, 0) is 14.8 Å². The van der Waals surface area contributed by atoms with Crippen molar-refractivity contribution >= 4 is 22.0 Å². The third-order valence-corrected chi connectivity index (χ3v) is 3.72. The van der Waals surface area contributed by atoms with Crippen LogP contribution in [0.2, 0.25) is 0 Å². The Morgan fingerprint density at radius 2 is 2.05 bits per heavy atom. The van der Waals surface area contributed by atoms with E-state index in [9.17, 15) is 18.0 Å². The average Bonchev–Trinajstić information content (AvgIpc) is 2.51. The third-order valence-electron chi connectivity index (χ3n) is 2.32. The number of nitrogens with one attached hydrogen (secondary N) is 3. The lowest BCUT2D eigenvalue weighted by Crippen LogP contribution is -2.42. The molecule has 0 aliphatic heterocycles. The lowest BCUT2D eigenvalue weighted by atomic mass is 10.2. The predicted molar refractivity (Wildman–Crippen MR) is 78.1 cm³/mol. The van der Waals surface area contributed by atoms with Gasteiger partial charge in [0, 0.05) is 5.56 Å². The van der Waals surface area contributed by atoms with E-state index in [2.05, 4.69) is 20.8 Å². The van der Waals surface area contributed by atoms with Crippen LogP contribution in [0.15, 0.2) is 29.2 Å². The SMILES string of the molecule is C#CCNS(=O)(=O)c1cccc(C(=O)NNC(=O)OCC)c1. The van der Waals surface area contributed by atoms with E-state index in [1.54, 1.807) is 6.92 Å². The fraction of sp³-hybridized carbons (Fsp3) is 0.231. The van der Waals surface area contributed by atoms with E-state index >= 15 is 0 Å². The van der Waals surface area contributed by atoms with E-state index < -0.39 is 22.0 Å². The number of amides is 2. The quantitative estimate of drug-likeness (QED) is 0.520. The molecule has 0 aromatic heterocycles. The largest absolute Gasteiger partial charge is 0.449 e. The summed E-state index contributed by atoms with van der Waals surface area (Å²) in [6.45, 7) is 1.60. The lowest BCUT2D eigenvalue weighted by Gasteiger charge is -2.08. The van der Waals surface area contributed by atoms with Crippen molar-refractivity contribution in [3.05, 3.63) is 29.8 Å². The van der Waals surface area contributed by atoms with E-state index in [1.165, 1.54) is 18.2 Å². The normalized spacial score (nSPS) is 10.4. The second-order valence-electron chi connectivity index (χ2n) is 3.86. The maximum absolute atomic E-state index is 11.9. The Balaban J connectivity index is 2.82. The zero-order valence-corrected chi connectivity index (χ0v) is 12.6. The molecule has 0 heterocycles. The molecule has 1 aromatic rings. The molecular weight excluding hydrogens is 310 g/mol. The molecule has 0 spiro atoms. The van der Waals surface area contributed by atoms with Gasteiger partial charge in [0.2, 0.25) is 10.0 Å². The zero-order valence-electron chi connectivity index (χ0n) is 11.8. The molecule has 0 saturated carbocycles. The van der Waals surface area contributed by atoms with Gasteiger partial charge in [-0.1, -0.05) is 12.0 Å². The van der Waals surface area contributed by atoms with Gasteiger partial charge < -0.3 is 4.74 Å². The highest BCUT2D eigenvalue weighted by Gasteiger charge is 2.15. The molecule has 1 rings (SSSR count). The van der Waals surface area contributed by atoms with Crippen molar-refractivity contribution in [3.8, 4) is 12.3 Å². The maximum Gasteiger partial charge on any atom is 0.426 e. The third kappa shape index (κ3) is 5.08. The highest BCUT2D eigenvalue weighted by Crippen LogP contribution is 2.11. The van der Waals surface area contributed by atoms with Gasteiger partial charge in [-0.15, -0.1) is 6.42 Å². The van der Waals surface area contributed by atoms with Crippen LogP contribution in [0.1, 0.15) is 17.3 Å². The molecule has 22 heavy (non-hydrogen) atoms. The minimum atomic E-state index is -3.80.